The standard InChI is InChI=1S/C13H16N4O2/c1-7(2)9-11(5-14)10(16)17-13(12(9,11)6-15)18-4-8(3)19-13/h7-9H,4H2,1-3H3,(H2,16,17)/p+1/t8-,9+,11+,12+,13-/m0/s1. The molecule has 3 rings (SSSR count). The predicted molar refractivity (Wildman–Crippen MR) is 63.8 cm³/mol. The Hall–Kier alpha value is -1.63. The second kappa shape index (κ2) is 3.27. The van der Waals surface area contributed by atoms with Crippen LogP contribution < -0.4 is 10.7 Å². The normalized spacial score (nSPS) is 50.7. The van der Waals surface area contributed by atoms with Gasteiger partial charge in [-0.1, -0.05) is 13.8 Å². The Morgan fingerprint density at radius 2 is 2.11 bits per heavy atom. The Morgan fingerprint density at radius 3 is 2.47 bits per heavy atom. The number of nitriles is 2. The first-order chi connectivity index (χ1) is 8.92. The van der Waals surface area contributed by atoms with Crippen LogP contribution in [-0.4, -0.2) is 24.5 Å². The molecule has 6 nitrogen and oxygen atoms in total. The van der Waals surface area contributed by atoms with Crippen molar-refractivity contribution in [3.8, 4) is 12.1 Å². The van der Waals surface area contributed by atoms with Crippen molar-refractivity contribution in [1.82, 2.24) is 0 Å². The minimum atomic E-state index is -1.27. The van der Waals surface area contributed by atoms with Crippen molar-refractivity contribution in [3.63, 3.8) is 0 Å². The maximum atomic E-state index is 9.74. The van der Waals surface area contributed by atoms with E-state index in [0.29, 0.717) is 12.4 Å². The smallest absolute Gasteiger partial charge is 0.311 e. The summed E-state index contributed by atoms with van der Waals surface area (Å²) in [6.45, 7) is 6.23. The summed E-state index contributed by atoms with van der Waals surface area (Å²) >= 11 is 0. The van der Waals surface area contributed by atoms with E-state index in [1.807, 2.05) is 20.8 Å². The second-order valence-electron chi connectivity index (χ2n) is 5.96. The van der Waals surface area contributed by atoms with Gasteiger partial charge in [0, 0.05) is 5.92 Å². The Kier molecular flexibility index (Phi) is 2.14. The van der Waals surface area contributed by atoms with Gasteiger partial charge in [0.1, 0.15) is 0 Å². The monoisotopic (exact) mass is 261 g/mol. The van der Waals surface area contributed by atoms with E-state index in [2.05, 4.69) is 17.1 Å². The third-order valence-electron chi connectivity index (χ3n) is 4.62. The zero-order valence-corrected chi connectivity index (χ0v) is 11.2. The van der Waals surface area contributed by atoms with Crippen LogP contribution in [0.4, 0.5) is 0 Å². The van der Waals surface area contributed by atoms with E-state index >= 15 is 0 Å². The minimum Gasteiger partial charge on any atom is -0.311 e. The van der Waals surface area contributed by atoms with E-state index in [0.717, 1.165) is 0 Å². The number of hydrogen-bond acceptors (Lipinski definition) is 5. The van der Waals surface area contributed by atoms with Crippen molar-refractivity contribution in [2.45, 2.75) is 32.8 Å². The average Bonchev–Trinajstić information content (AvgIpc) is 2.77. The number of fused-ring (bicyclic) bond motifs is 2. The fraction of sp³-hybridized carbons (Fsp3) is 0.769. The molecule has 0 radical (unpaired) electrons. The Balaban J connectivity index is 2.19. The topological polar surface area (TPSA) is 106 Å². The van der Waals surface area contributed by atoms with Crippen LogP contribution in [0.3, 0.4) is 0 Å². The summed E-state index contributed by atoms with van der Waals surface area (Å²) in [6, 6.07) is 4.53. The molecular weight excluding hydrogens is 244 g/mol. The molecule has 0 bridgehead atoms. The van der Waals surface area contributed by atoms with Crippen molar-refractivity contribution in [2.24, 2.45) is 28.4 Å². The zero-order valence-electron chi connectivity index (χ0n) is 11.2. The van der Waals surface area contributed by atoms with E-state index in [9.17, 15) is 10.5 Å². The van der Waals surface area contributed by atoms with Crippen LogP contribution in [0.1, 0.15) is 20.8 Å². The van der Waals surface area contributed by atoms with Crippen LogP contribution in [0, 0.1) is 45.3 Å². The third kappa shape index (κ3) is 0.992. The molecule has 0 amide bonds. The van der Waals surface area contributed by atoms with E-state index in [4.69, 9.17) is 15.2 Å². The van der Waals surface area contributed by atoms with Gasteiger partial charge < -0.3 is 9.47 Å². The van der Waals surface area contributed by atoms with Gasteiger partial charge in [-0.05, 0) is 12.8 Å². The van der Waals surface area contributed by atoms with E-state index in [1.165, 1.54) is 0 Å². The van der Waals surface area contributed by atoms with Crippen LogP contribution >= 0.6 is 0 Å². The zero-order chi connectivity index (χ0) is 14.1. The summed E-state index contributed by atoms with van der Waals surface area (Å²) in [6.07, 6.45) is -0.131. The second-order valence-corrected chi connectivity index (χ2v) is 5.96. The van der Waals surface area contributed by atoms with Crippen molar-refractivity contribution in [3.05, 3.63) is 0 Å². The maximum Gasteiger partial charge on any atom is 0.343 e. The lowest BCUT2D eigenvalue weighted by Crippen LogP contribution is -2.90. The van der Waals surface area contributed by atoms with Crippen molar-refractivity contribution >= 4 is 5.84 Å². The first kappa shape index (κ1) is 12.4. The summed E-state index contributed by atoms with van der Waals surface area (Å²) in [4.78, 5) is 2.93. The first-order valence-electron chi connectivity index (χ1n) is 6.47. The highest BCUT2D eigenvalue weighted by molar-refractivity contribution is 5.93. The molecule has 6 heteroatoms. The number of nitrogens with one attached hydrogen (secondary N) is 1. The molecule has 0 unspecified atom stereocenters. The SMILES string of the molecule is CC(C)[C@H]1[C@@]2(C#N)[C@]3([NH+]=C(N)[C@@]12C#N)OC[C@H](C)O3. The Bertz CT molecular complexity index is 560. The molecule has 2 fully saturated rings. The quantitative estimate of drug-likeness (QED) is 0.619. The van der Waals surface area contributed by atoms with Gasteiger partial charge in [-0.3, -0.25) is 5.73 Å². The van der Waals surface area contributed by atoms with Crippen molar-refractivity contribution in [1.29, 1.82) is 10.5 Å². The first-order valence-corrected chi connectivity index (χ1v) is 6.47. The fourth-order valence-electron chi connectivity index (χ4n) is 4.03. The molecule has 3 N–H and O–H groups in total. The van der Waals surface area contributed by atoms with Crippen LogP contribution in [0.25, 0.3) is 0 Å². The number of ether oxygens (including phenoxy) is 2. The van der Waals surface area contributed by atoms with Crippen LogP contribution in [-0.2, 0) is 9.47 Å². The van der Waals surface area contributed by atoms with Gasteiger partial charge in [-0.2, -0.15) is 10.5 Å². The highest BCUT2D eigenvalue weighted by Gasteiger charge is 2.97. The summed E-state index contributed by atoms with van der Waals surface area (Å²) in [7, 11) is 0. The summed E-state index contributed by atoms with van der Waals surface area (Å²) in [5.74, 6) is -1.01. The molecule has 2 heterocycles. The highest BCUT2D eigenvalue weighted by atomic mass is 16.8. The van der Waals surface area contributed by atoms with Gasteiger partial charge in [-0.15, -0.1) is 0 Å². The summed E-state index contributed by atoms with van der Waals surface area (Å²) < 4.78 is 11.6. The molecule has 5 atom stereocenters. The summed E-state index contributed by atoms with van der Waals surface area (Å²) in [5, 5.41) is 19.4. The fourth-order valence-corrected chi connectivity index (χ4v) is 4.03. The molecule has 0 aromatic heterocycles. The van der Waals surface area contributed by atoms with E-state index in [-0.39, 0.29) is 17.9 Å². The molecule has 19 heavy (non-hydrogen) atoms. The van der Waals surface area contributed by atoms with Crippen LogP contribution in [0.2, 0.25) is 0 Å². The van der Waals surface area contributed by atoms with Gasteiger partial charge in [0.2, 0.25) is 0 Å². The number of nitrogens with zero attached hydrogens (tertiary/aromatic N) is 2. The van der Waals surface area contributed by atoms with Gasteiger partial charge in [0.25, 0.3) is 5.84 Å². The molecule has 0 aromatic carbocycles. The number of nitrogens with two attached hydrogens (primary N) is 1. The maximum absolute atomic E-state index is 9.74. The molecule has 1 aliphatic carbocycles. The molecule has 1 saturated carbocycles. The average molecular weight is 261 g/mol. The lowest BCUT2D eigenvalue weighted by molar-refractivity contribution is -0.679. The lowest BCUT2D eigenvalue weighted by Gasteiger charge is -2.24. The largest absolute Gasteiger partial charge is 0.343 e. The number of hydrogen-bond donors (Lipinski definition) is 2. The van der Waals surface area contributed by atoms with E-state index < -0.39 is 16.7 Å². The van der Waals surface area contributed by atoms with Gasteiger partial charge in [0.15, 0.2) is 10.8 Å². The number of amidine groups is 1. The van der Waals surface area contributed by atoms with Crippen LogP contribution in [0.15, 0.2) is 0 Å². The van der Waals surface area contributed by atoms with E-state index in [1.54, 1.807) is 0 Å². The molecule has 0 aromatic rings. The van der Waals surface area contributed by atoms with Gasteiger partial charge >= 0.3 is 5.91 Å². The third-order valence-corrected chi connectivity index (χ3v) is 4.62. The van der Waals surface area contributed by atoms with Crippen LogP contribution in [0.5, 0.6) is 0 Å². The molecule has 1 spiro atoms. The lowest BCUT2D eigenvalue weighted by atomic mass is 9.93. The van der Waals surface area contributed by atoms with Gasteiger partial charge in [-0.25, -0.2) is 4.99 Å². The molecule has 2 aliphatic heterocycles. The van der Waals surface area contributed by atoms with Gasteiger partial charge in [0.05, 0.1) is 24.8 Å². The predicted octanol–water partition coefficient (Wildman–Crippen LogP) is -1.17. The Morgan fingerprint density at radius 1 is 1.42 bits per heavy atom. The molecular formula is C13H17N4O2+. The molecule has 1 saturated heterocycles. The molecule has 100 valence electrons. The van der Waals surface area contributed by atoms with Crippen molar-refractivity contribution in [2.75, 3.05) is 6.61 Å². The summed E-state index contributed by atoms with van der Waals surface area (Å²) in [5.41, 5.74) is 3.95. The minimum absolute atomic E-state index is 0.131. The molecule has 3 aliphatic rings. The Labute approximate surface area is 111 Å². The number of rotatable bonds is 1. The highest BCUT2D eigenvalue weighted by Crippen LogP contribution is 2.76. The van der Waals surface area contributed by atoms with Crippen molar-refractivity contribution < 1.29 is 14.5 Å².